The molecule has 6 nitrogen and oxygen atoms in total. The summed E-state index contributed by atoms with van der Waals surface area (Å²) in [5.74, 6) is 0.516. The number of amides is 1. The van der Waals surface area contributed by atoms with Gasteiger partial charge >= 0.3 is 0 Å². The summed E-state index contributed by atoms with van der Waals surface area (Å²) in [5, 5.41) is 16.4. The van der Waals surface area contributed by atoms with Crippen molar-refractivity contribution in [3.63, 3.8) is 0 Å². The second kappa shape index (κ2) is 6.79. The number of tetrazole rings is 1. The number of carbonyl (C=O) groups is 1. The zero-order valence-corrected chi connectivity index (χ0v) is 11.8. The largest absolute Gasteiger partial charge is 0.326 e. The number of rotatable bonds is 6. The van der Waals surface area contributed by atoms with Gasteiger partial charge in [-0.2, -0.15) is 5.21 Å². The van der Waals surface area contributed by atoms with E-state index in [1.165, 1.54) is 11.1 Å². The first-order valence-electron chi connectivity index (χ1n) is 6.86. The van der Waals surface area contributed by atoms with Crippen molar-refractivity contribution in [1.29, 1.82) is 0 Å². The lowest BCUT2D eigenvalue weighted by Gasteiger charge is -2.09. The molecule has 0 atom stereocenters. The van der Waals surface area contributed by atoms with Crippen LogP contribution in [0.1, 0.15) is 37.2 Å². The van der Waals surface area contributed by atoms with Crippen molar-refractivity contribution in [2.45, 2.75) is 39.5 Å². The number of H-pyrrole nitrogens is 1. The maximum Gasteiger partial charge on any atom is 0.224 e. The average molecular weight is 273 g/mol. The number of anilines is 1. The van der Waals surface area contributed by atoms with E-state index in [1.54, 1.807) is 0 Å². The lowest BCUT2D eigenvalue weighted by atomic mass is 10.1. The van der Waals surface area contributed by atoms with E-state index in [9.17, 15) is 4.79 Å². The Kier molecular flexibility index (Phi) is 4.81. The Morgan fingerprint density at radius 3 is 2.45 bits per heavy atom. The molecule has 106 valence electrons. The molecule has 0 radical (unpaired) electrons. The van der Waals surface area contributed by atoms with E-state index < -0.39 is 0 Å². The molecule has 0 aliphatic carbocycles. The summed E-state index contributed by atoms with van der Waals surface area (Å²) in [5.41, 5.74) is 3.33. The number of benzene rings is 1. The Hall–Kier alpha value is -2.24. The standard InChI is InChI=1S/C14H19N5O/c1-3-10-7-11(4-2)9-12(8-10)15-14(20)6-5-13-16-18-19-17-13/h7-9H,3-6H2,1-2H3,(H,15,20)(H,16,17,18,19). The van der Waals surface area contributed by atoms with Gasteiger partial charge in [-0.15, -0.1) is 10.2 Å². The topological polar surface area (TPSA) is 83.6 Å². The molecule has 1 aromatic heterocycles. The van der Waals surface area contributed by atoms with Crippen LogP contribution in [-0.4, -0.2) is 26.5 Å². The number of aromatic amines is 1. The summed E-state index contributed by atoms with van der Waals surface area (Å²) in [6, 6.07) is 6.21. The first-order chi connectivity index (χ1) is 9.71. The van der Waals surface area contributed by atoms with Crippen LogP contribution in [-0.2, 0) is 24.1 Å². The monoisotopic (exact) mass is 273 g/mol. The third kappa shape index (κ3) is 3.88. The SMILES string of the molecule is CCc1cc(CC)cc(NC(=O)CCc2nn[nH]n2)c1. The van der Waals surface area contributed by atoms with Crippen LogP contribution in [0.25, 0.3) is 0 Å². The summed E-state index contributed by atoms with van der Waals surface area (Å²) >= 11 is 0. The molecule has 0 bridgehead atoms. The highest BCUT2D eigenvalue weighted by atomic mass is 16.1. The van der Waals surface area contributed by atoms with E-state index in [0.717, 1.165) is 18.5 Å². The highest BCUT2D eigenvalue weighted by molar-refractivity contribution is 5.91. The van der Waals surface area contributed by atoms with Gasteiger partial charge in [-0.25, -0.2) is 0 Å². The number of aryl methyl sites for hydroxylation is 3. The van der Waals surface area contributed by atoms with Gasteiger partial charge in [-0.1, -0.05) is 25.1 Å². The molecule has 20 heavy (non-hydrogen) atoms. The summed E-state index contributed by atoms with van der Waals surface area (Å²) in [6.45, 7) is 4.22. The second-order valence-corrected chi connectivity index (χ2v) is 4.62. The minimum atomic E-state index is -0.0369. The van der Waals surface area contributed by atoms with Crippen molar-refractivity contribution in [2.75, 3.05) is 5.32 Å². The van der Waals surface area contributed by atoms with Crippen molar-refractivity contribution in [2.24, 2.45) is 0 Å². The van der Waals surface area contributed by atoms with Crippen LogP contribution in [0.5, 0.6) is 0 Å². The number of nitrogens with zero attached hydrogens (tertiary/aromatic N) is 3. The molecule has 1 heterocycles. The number of aromatic nitrogens is 4. The second-order valence-electron chi connectivity index (χ2n) is 4.62. The van der Waals surface area contributed by atoms with Crippen molar-refractivity contribution < 1.29 is 4.79 Å². The van der Waals surface area contributed by atoms with Gasteiger partial charge in [-0.05, 0) is 36.1 Å². The van der Waals surface area contributed by atoms with Gasteiger partial charge in [0.1, 0.15) is 0 Å². The predicted molar refractivity (Wildman–Crippen MR) is 76.3 cm³/mol. The van der Waals surface area contributed by atoms with E-state index in [1.807, 2.05) is 12.1 Å². The van der Waals surface area contributed by atoms with Gasteiger partial charge in [0.15, 0.2) is 5.82 Å². The number of carbonyl (C=O) groups excluding carboxylic acids is 1. The van der Waals surface area contributed by atoms with E-state index in [0.29, 0.717) is 18.7 Å². The molecule has 2 N–H and O–H groups in total. The van der Waals surface area contributed by atoms with E-state index in [4.69, 9.17) is 0 Å². The minimum Gasteiger partial charge on any atom is -0.326 e. The summed E-state index contributed by atoms with van der Waals surface area (Å²) in [6.07, 6.45) is 2.74. The van der Waals surface area contributed by atoms with Gasteiger partial charge in [0.2, 0.25) is 5.91 Å². The molecule has 1 aromatic carbocycles. The van der Waals surface area contributed by atoms with Gasteiger partial charge < -0.3 is 5.32 Å². The van der Waals surface area contributed by atoms with Crippen LogP contribution in [0, 0.1) is 0 Å². The van der Waals surface area contributed by atoms with E-state index in [-0.39, 0.29) is 5.91 Å². The van der Waals surface area contributed by atoms with Crippen LogP contribution >= 0.6 is 0 Å². The minimum absolute atomic E-state index is 0.0369. The predicted octanol–water partition coefficient (Wildman–Crippen LogP) is 1.90. The Labute approximate surface area is 118 Å². The van der Waals surface area contributed by atoms with Crippen LogP contribution in [0.3, 0.4) is 0 Å². The highest BCUT2D eigenvalue weighted by Crippen LogP contribution is 2.16. The first-order valence-corrected chi connectivity index (χ1v) is 6.86. The third-order valence-corrected chi connectivity index (χ3v) is 3.12. The zero-order chi connectivity index (χ0) is 14.4. The lowest BCUT2D eigenvalue weighted by molar-refractivity contribution is -0.116. The fourth-order valence-corrected chi connectivity index (χ4v) is 1.98. The van der Waals surface area contributed by atoms with Crippen molar-refractivity contribution >= 4 is 11.6 Å². The highest BCUT2D eigenvalue weighted by Gasteiger charge is 2.07. The van der Waals surface area contributed by atoms with Crippen LogP contribution in [0.15, 0.2) is 18.2 Å². The fraction of sp³-hybridized carbons (Fsp3) is 0.429. The van der Waals surface area contributed by atoms with Crippen molar-refractivity contribution in [1.82, 2.24) is 20.6 Å². The Morgan fingerprint density at radius 2 is 1.90 bits per heavy atom. The maximum atomic E-state index is 11.9. The number of hydrogen-bond acceptors (Lipinski definition) is 4. The Bertz CT molecular complexity index is 543. The maximum absolute atomic E-state index is 11.9. The van der Waals surface area contributed by atoms with Crippen molar-refractivity contribution in [3.05, 3.63) is 35.2 Å². The normalized spacial score (nSPS) is 10.5. The molecule has 0 spiro atoms. The van der Waals surface area contributed by atoms with Gasteiger partial charge in [0.25, 0.3) is 0 Å². The van der Waals surface area contributed by atoms with Crippen molar-refractivity contribution in [3.8, 4) is 0 Å². The average Bonchev–Trinajstić information content (AvgIpc) is 2.98. The van der Waals surface area contributed by atoms with Crippen LogP contribution < -0.4 is 5.32 Å². The molecule has 6 heteroatoms. The van der Waals surface area contributed by atoms with Gasteiger partial charge in [0.05, 0.1) is 0 Å². The Balaban J connectivity index is 1.96. The third-order valence-electron chi connectivity index (χ3n) is 3.12. The summed E-state index contributed by atoms with van der Waals surface area (Å²) in [7, 11) is 0. The van der Waals surface area contributed by atoms with Gasteiger partial charge in [-0.3, -0.25) is 4.79 Å². The molecule has 2 rings (SSSR count). The first kappa shape index (κ1) is 14.2. The molecule has 1 amide bonds. The smallest absolute Gasteiger partial charge is 0.224 e. The van der Waals surface area contributed by atoms with Crippen LogP contribution in [0.4, 0.5) is 5.69 Å². The molecule has 0 unspecified atom stereocenters. The lowest BCUT2D eigenvalue weighted by Crippen LogP contribution is -2.13. The molecule has 0 saturated heterocycles. The summed E-state index contributed by atoms with van der Waals surface area (Å²) < 4.78 is 0. The molecule has 0 saturated carbocycles. The quantitative estimate of drug-likeness (QED) is 0.842. The van der Waals surface area contributed by atoms with E-state index in [2.05, 4.69) is 45.9 Å². The molecule has 0 aliphatic heterocycles. The Morgan fingerprint density at radius 1 is 1.20 bits per heavy atom. The molecule has 2 aromatic rings. The summed E-state index contributed by atoms with van der Waals surface area (Å²) in [4.78, 5) is 11.9. The fourth-order valence-electron chi connectivity index (χ4n) is 1.98. The zero-order valence-electron chi connectivity index (χ0n) is 11.8. The number of hydrogen-bond donors (Lipinski definition) is 2. The molecular weight excluding hydrogens is 254 g/mol. The molecule has 0 aliphatic rings. The number of nitrogens with one attached hydrogen (secondary N) is 2. The molecule has 0 fully saturated rings. The van der Waals surface area contributed by atoms with Gasteiger partial charge in [0, 0.05) is 18.5 Å². The molecular formula is C14H19N5O. The van der Waals surface area contributed by atoms with E-state index >= 15 is 0 Å². The van der Waals surface area contributed by atoms with Crippen LogP contribution in [0.2, 0.25) is 0 Å².